The first kappa shape index (κ1) is 16.5. The van der Waals surface area contributed by atoms with Gasteiger partial charge >= 0.3 is 0 Å². The number of nitrogens with one attached hydrogen (secondary N) is 1. The van der Waals surface area contributed by atoms with Crippen molar-refractivity contribution in [2.24, 2.45) is 11.7 Å². The first-order valence-electron chi connectivity index (χ1n) is 7.23. The zero-order valence-corrected chi connectivity index (χ0v) is 13.2. The van der Waals surface area contributed by atoms with Crippen LogP contribution in [0.4, 0.5) is 0 Å². The molecule has 0 spiro atoms. The Morgan fingerprint density at radius 2 is 2.14 bits per heavy atom. The number of nitrogens with two attached hydrogens (primary N) is 1. The number of aromatic nitrogens is 1. The molecule has 2 aromatic rings. The quantitative estimate of drug-likeness (QED) is 0.884. The van der Waals surface area contributed by atoms with Crippen LogP contribution in [-0.2, 0) is 0 Å². The van der Waals surface area contributed by atoms with Gasteiger partial charge in [-0.15, -0.1) is 12.4 Å². The van der Waals surface area contributed by atoms with E-state index in [1.165, 1.54) is 0 Å². The molecule has 2 unspecified atom stereocenters. The topological polar surface area (TPSA) is 79.2 Å². The maximum Gasteiger partial charge on any atom is 0.261 e. The first-order chi connectivity index (χ1) is 10.1. The van der Waals surface area contributed by atoms with Gasteiger partial charge in [0, 0.05) is 18.1 Å². The molecule has 1 aliphatic heterocycles. The molecule has 1 amide bonds. The van der Waals surface area contributed by atoms with Gasteiger partial charge in [-0.1, -0.05) is 18.2 Å². The Balaban J connectivity index is 0.00000176. The number of hydrogen-bond acceptors (Lipinski definition) is 3. The van der Waals surface area contributed by atoms with Gasteiger partial charge in [0.25, 0.3) is 11.5 Å². The lowest BCUT2D eigenvalue weighted by molar-refractivity contribution is 0.0742. The number of benzene rings is 1. The van der Waals surface area contributed by atoms with Crippen molar-refractivity contribution in [3.63, 3.8) is 0 Å². The van der Waals surface area contributed by atoms with E-state index in [4.69, 9.17) is 5.73 Å². The van der Waals surface area contributed by atoms with Crippen LogP contribution in [0.3, 0.4) is 0 Å². The lowest BCUT2D eigenvalue weighted by Crippen LogP contribution is -2.37. The molecular weight excluding hydrogens is 302 g/mol. The number of fused-ring (bicyclic) bond motifs is 1. The van der Waals surface area contributed by atoms with E-state index >= 15 is 0 Å². The Bertz CT molecular complexity index is 743. The van der Waals surface area contributed by atoms with Gasteiger partial charge in [0.1, 0.15) is 5.56 Å². The number of rotatable bonds is 2. The normalized spacial score (nSPS) is 20.9. The summed E-state index contributed by atoms with van der Waals surface area (Å²) < 4.78 is 0. The van der Waals surface area contributed by atoms with Crippen molar-refractivity contribution in [3.05, 3.63) is 46.2 Å². The van der Waals surface area contributed by atoms with Gasteiger partial charge in [-0.05, 0) is 43.3 Å². The predicted octanol–water partition coefficient (Wildman–Crippen LogP) is 1.76. The van der Waals surface area contributed by atoms with E-state index in [1.54, 1.807) is 11.0 Å². The van der Waals surface area contributed by atoms with E-state index in [1.807, 2.05) is 31.2 Å². The Morgan fingerprint density at radius 3 is 2.82 bits per heavy atom. The highest BCUT2D eigenvalue weighted by Gasteiger charge is 2.33. The van der Waals surface area contributed by atoms with E-state index in [0.717, 1.165) is 17.3 Å². The minimum atomic E-state index is -0.331. The standard InChI is InChI=1S/C16H19N3O2.ClH/c1-10-6-11(8-17)9-19(10)16(21)13-7-12-4-2-3-5-14(12)18-15(13)20;/h2-5,7,10-11H,6,8-9,17H2,1H3,(H,18,20);1H. The van der Waals surface area contributed by atoms with Crippen molar-refractivity contribution < 1.29 is 4.79 Å². The van der Waals surface area contributed by atoms with Crippen LogP contribution >= 0.6 is 12.4 Å². The largest absolute Gasteiger partial charge is 0.335 e. The smallest absolute Gasteiger partial charge is 0.261 e. The van der Waals surface area contributed by atoms with Gasteiger partial charge in [0.15, 0.2) is 0 Å². The summed E-state index contributed by atoms with van der Waals surface area (Å²) in [7, 11) is 0. The molecule has 2 heterocycles. The Morgan fingerprint density at radius 1 is 1.41 bits per heavy atom. The van der Waals surface area contributed by atoms with Crippen molar-refractivity contribution in [2.45, 2.75) is 19.4 Å². The number of carbonyl (C=O) groups excluding carboxylic acids is 1. The fraction of sp³-hybridized carbons (Fsp3) is 0.375. The Hall–Kier alpha value is -1.85. The first-order valence-corrected chi connectivity index (χ1v) is 7.23. The van der Waals surface area contributed by atoms with Gasteiger partial charge in [-0.2, -0.15) is 0 Å². The number of pyridine rings is 1. The van der Waals surface area contributed by atoms with Crippen LogP contribution in [-0.4, -0.2) is 34.9 Å². The van der Waals surface area contributed by atoms with Crippen molar-refractivity contribution >= 4 is 29.2 Å². The molecule has 1 saturated heterocycles. The van der Waals surface area contributed by atoms with Crippen molar-refractivity contribution in [1.82, 2.24) is 9.88 Å². The fourth-order valence-electron chi connectivity index (χ4n) is 3.06. The summed E-state index contributed by atoms with van der Waals surface area (Å²) in [6.45, 7) is 3.20. The molecule has 6 heteroatoms. The lowest BCUT2D eigenvalue weighted by atomic mass is 10.1. The maximum absolute atomic E-state index is 12.6. The number of nitrogens with zero attached hydrogens (tertiary/aromatic N) is 1. The summed E-state index contributed by atoms with van der Waals surface area (Å²) in [5.41, 5.74) is 6.31. The summed E-state index contributed by atoms with van der Waals surface area (Å²) in [5.74, 6) is 0.119. The molecule has 1 aromatic heterocycles. The molecule has 1 fully saturated rings. The van der Waals surface area contributed by atoms with Gasteiger partial charge in [0.05, 0.1) is 0 Å². The Labute approximate surface area is 134 Å². The van der Waals surface area contributed by atoms with Crippen LogP contribution in [0, 0.1) is 5.92 Å². The van der Waals surface area contributed by atoms with Crippen LogP contribution in [0.1, 0.15) is 23.7 Å². The number of carbonyl (C=O) groups is 1. The second-order valence-corrected chi connectivity index (χ2v) is 5.74. The molecule has 2 atom stereocenters. The molecule has 3 rings (SSSR count). The third-order valence-electron chi connectivity index (χ3n) is 4.24. The molecule has 0 bridgehead atoms. The highest BCUT2D eigenvalue weighted by atomic mass is 35.5. The SMILES string of the molecule is CC1CC(CN)CN1C(=O)c1cc2ccccc2[nH]c1=O.Cl. The van der Waals surface area contributed by atoms with Crippen molar-refractivity contribution in [1.29, 1.82) is 0 Å². The summed E-state index contributed by atoms with van der Waals surface area (Å²) in [4.78, 5) is 29.3. The van der Waals surface area contributed by atoms with Crippen LogP contribution in [0.25, 0.3) is 10.9 Å². The molecule has 1 aliphatic rings. The highest BCUT2D eigenvalue weighted by molar-refractivity contribution is 5.97. The average molecular weight is 322 g/mol. The van der Waals surface area contributed by atoms with Crippen LogP contribution in [0.5, 0.6) is 0 Å². The van der Waals surface area contributed by atoms with Gasteiger partial charge in [-0.3, -0.25) is 9.59 Å². The average Bonchev–Trinajstić information content (AvgIpc) is 2.87. The monoisotopic (exact) mass is 321 g/mol. The van der Waals surface area contributed by atoms with Crippen LogP contribution < -0.4 is 11.3 Å². The molecule has 5 nitrogen and oxygen atoms in total. The number of para-hydroxylation sites is 1. The number of H-pyrrole nitrogens is 1. The van der Waals surface area contributed by atoms with E-state index < -0.39 is 0 Å². The van der Waals surface area contributed by atoms with Gasteiger partial charge in [-0.25, -0.2) is 0 Å². The molecule has 22 heavy (non-hydrogen) atoms. The predicted molar refractivity (Wildman–Crippen MR) is 89.5 cm³/mol. The lowest BCUT2D eigenvalue weighted by Gasteiger charge is -2.21. The summed E-state index contributed by atoms with van der Waals surface area (Å²) in [6, 6.07) is 9.26. The molecule has 3 N–H and O–H groups in total. The van der Waals surface area contributed by atoms with E-state index in [-0.39, 0.29) is 35.5 Å². The molecule has 0 aliphatic carbocycles. The highest BCUT2D eigenvalue weighted by Crippen LogP contribution is 2.24. The summed E-state index contributed by atoms with van der Waals surface area (Å²) in [6.07, 6.45) is 0.897. The van der Waals surface area contributed by atoms with E-state index in [2.05, 4.69) is 4.98 Å². The zero-order valence-electron chi connectivity index (χ0n) is 12.4. The summed E-state index contributed by atoms with van der Waals surface area (Å²) in [5, 5.41) is 0.864. The number of amides is 1. The number of aromatic amines is 1. The van der Waals surface area contributed by atoms with Crippen molar-refractivity contribution in [2.75, 3.05) is 13.1 Å². The molecular formula is C16H20ClN3O2. The minimum absolute atomic E-state index is 0. The molecule has 1 aromatic carbocycles. The minimum Gasteiger partial charge on any atom is -0.335 e. The van der Waals surface area contributed by atoms with Gasteiger partial charge in [0.2, 0.25) is 0 Å². The third kappa shape index (κ3) is 2.87. The molecule has 118 valence electrons. The number of hydrogen-bond donors (Lipinski definition) is 2. The van der Waals surface area contributed by atoms with Crippen molar-refractivity contribution in [3.8, 4) is 0 Å². The van der Waals surface area contributed by atoms with Crippen LogP contribution in [0.15, 0.2) is 35.1 Å². The molecule has 0 saturated carbocycles. The zero-order chi connectivity index (χ0) is 15.0. The fourth-order valence-corrected chi connectivity index (χ4v) is 3.06. The van der Waals surface area contributed by atoms with Crippen LogP contribution in [0.2, 0.25) is 0 Å². The number of halogens is 1. The molecule has 0 radical (unpaired) electrons. The third-order valence-corrected chi connectivity index (χ3v) is 4.24. The van der Waals surface area contributed by atoms with E-state index in [0.29, 0.717) is 19.0 Å². The van der Waals surface area contributed by atoms with Gasteiger partial charge < -0.3 is 15.6 Å². The second-order valence-electron chi connectivity index (χ2n) is 5.74. The second kappa shape index (κ2) is 6.50. The Kier molecular flexibility index (Phi) is 4.88. The maximum atomic E-state index is 12.6. The number of likely N-dealkylation sites (tertiary alicyclic amines) is 1. The summed E-state index contributed by atoms with van der Waals surface area (Å²) >= 11 is 0. The van der Waals surface area contributed by atoms with E-state index in [9.17, 15) is 9.59 Å².